The molecule has 0 spiro atoms. The third kappa shape index (κ3) is 9.91. The van der Waals surface area contributed by atoms with Gasteiger partial charge in [-0.05, 0) is 64.3 Å². The van der Waals surface area contributed by atoms with E-state index in [0.717, 1.165) is 0 Å². The van der Waals surface area contributed by atoms with E-state index in [9.17, 15) is 24.5 Å². The molecule has 0 aromatic carbocycles. The van der Waals surface area contributed by atoms with Crippen LogP contribution in [0.1, 0.15) is 59.8 Å². The second-order valence-corrected chi connectivity index (χ2v) is 8.81. The van der Waals surface area contributed by atoms with Gasteiger partial charge in [0.1, 0.15) is 5.60 Å². The molecule has 0 aliphatic carbocycles. The van der Waals surface area contributed by atoms with Gasteiger partial charge in [0, 0.05) is 26.1 Å². The minimum absolute atomic E-state index is 0.0292. The number of hydrogen-bond donors (Lipinski definition) is 2. The lowest BCUT2D eigenvalue weighted by Crippen LogP contribution is -2.55. The molecule has 13 nitrogen and oxygen atoms in total. The van der Waals surface area contributed by atoms with E-state index in [-0.39, 0.29) is 48.7 Å². The zero-order valence-electron chi connectivity index (χ0n) is 19.8. The van der Waals surface area contributed by atoms with Crippen LogP contribution in [-0.2, 0) is 19.1 Å². The fraction of sp³-hybridized carbons (Fsp3) is 0.800. The predicted molar refractivity (Wildman–Crippen MR) is 119 cm³/mol. The van der Waals surface area contributed by atoms with Gasteiger partial charge in [-0.3, -0.25) is 14.6 Å². The van der Waals surface area contributed by atoms with Gasteiger partial charge in [0.05, 0.1) is 6.61 Å². The number of amides is 2. The van der Waals surface area contributed by atoms with Crippen LogP contribution in [0.2, 0.25) is 0 Å². The second kappa shape index (κ2) is 12.8. The monoisotopic (exact) mass is 472 g/mol. The number of hydrogen-bond acceptors (Lipinski definition) is 8. The van der Waals surface area contributed by atoms with Gasteiger partial charge in [-0.1, -0.05) is 0 Å². The molecule has 1 aliphatic heterocycles. The molecule has 1 aliphatic rings. The Morgan fingerprint density at radius 1 is 1.24 bits per heavy atom. The summed E-state index contributed by atoms with van der Waals surface area (Å²) in [6.07, 6.45) is 0.354. The Labute approximate surface area is 193 Å². The maximum Gasteiger partial charge on any atom is 0.469 e. The summed E-state index contributed by atoms with van der Waals surface area (Å²) >= 11 is 0. The second-order valence-electron chi connectivity index (χ2n) is 8.81. The number of hydrazine groups is 1. The average molecular weight is 473 g/mol. The molecule has 0 aromatic rings. The van der Waals surface area contributed by atoms with E-state index in [4.69, 9.17) is 20.9 Å². The molecular weight excluding hydrogens is 436 g/mol. The predicted octanol–water partition coefficient (Wildman–Crippen LogP) is 1.03. The van der Waals surface area contributed by atoms with Crippen molar-refractivity contribution in [2.75, 3.05) is 26.2 Å². The first-order valence-corrected chi connectivity index (χ1v) is 11.0. The maximum atomic E-state index is 13.3. The van der Waals surface area contributed by atoms with Crippen LogP contribution >= 0.6 is 0 Å². The number of piperidine rings is 1. The minimum Gasteiger partial charge on any atom is -0.466 e. The Balaban J connectivity index is 2.96. The number of rotatable bonds is 10. The highest BCUT2D eigenvalue weighted by Gasteiger charge is 2.43. The Morgan fingerprint density at radius 2 is 1.85 bits per heavy atom. The fourth-order valence-electron chi connectivity index (χ4n) is 3.48. The van der Waals surface area contributed by atoms with Crippen molar-refractivity contribution < 1.29 is 28.9 Å². The minimum atomic E-state index is -1.38. The van der Waals surface area contributed by atoms with Gasteiger partial charge in [0.25, 0.3) is 5.91 Å². The van der Waals surface area contributed by atoms with Gasteiger partial charge in [-0.2, -0.15) is 0 Å². The molecule has 0 radical (unpaired) electrons. The molecule has 1 saturated heterocycles. The lowest BCUT2D eigenvalue weighted by Gasteiger charge is -2.34. The van der Waals surface area contributed by atoms with Gasteiger partial charge in [-0.15, -0.1) is 0 Å². The van der Waals surface area contributed by atoms with Crippen molar-refractivity contribution in [3.05, 3.63) is 10.1 Å². The number of esters is 1. The van der Waals surface area contributed by atoms with E-state index < -0.39 is 28.7 Å². The summed E-state index contributed by atoms with van der Waals surface area (Å²) in [6, 6.07) is -1.38. The van der Waals surface area contributed by atoms with Crippen molar-refractivity contribution >= 4 is 23.9 Å². The topological polar surface area (TPSA) is 184 Å². The van der Waals surface area contributed by atoms with Crippen LogP contribution in [0.3, 0.4) is 0 Å². The van der Waals surface area contributed by atoms with Crippen LogP contribution in [-0.4, -0.2) is 76.8 Å². The van der Waals surface area contributed by atoms with Gasteiger partial charge < -0.3 is 25.8 Å². The van der Waals surface area contributed by atoms with E-state index in [2.05, 4.69) is 4.99 Å². The molecule has 0 saturated carbocycles. The Morgan fingerprint density at radius 3 is 2.33 bits per heavy atom. The fourth-order valence-corrected chi connectivity index (χ4v) is 3.48. The summed E-state index contributed by atoms with van der Waals surface area (Å²) in [5, 5.41) is 11.1. The van der Waals surface area contributed by atoms with Crippen molar-refractivity contribution in [1.29, 1.82) is 0 Å². The third-order valence-electron chi connectivity index (χ3n) is 4.95. The smallest absolute Gasteiger partial charge is 0.466 e. The van der Waals surface area contributed by atoms with Crippen LogP contribution in [0.25, 0.3) is 0 Å². The van der Waals surface area contributed by atoms with Crippen LogP contribution in [0.15, 0.2) is 4.99 Å². The molecule has 0 bridgehead atoms. The molecule has 4 N–H and O–H groups in total. The van der Waals surface area contributed by atoms with Gasteiger partial charge in [0.15, 0.2) is 17.0 Å². The summed E-state index contributed by atoms with van der Waals surface area (Å²) < 4.78 is 10.1. The molecule has 2 amide bonds. The highest BCUT2D eigenvalue weighted by molar-refractivity contribution is 5.85. The number of nitrogens with zero attached hydrogens (tertiary/aromatic N) is 4. The average Bonchev–Trinajstić information content (AvgIpc) is 2.68. The Kier molecular flexibility index (Phi) is 10.8. The van der Waals surface area contributed by atoms with Crippen molar-refractivity contribution in [3.8, 4) is 0 Å². The molecule has 188 valence electrons. The summed E-state index contributed by atoms with van der Waals surface area (Å²) in [6.45, 7) is 7.54. The van der Waals surface area contributed by atoms with E-state index in [1.165, 1.54) is 4.90 Å². The SMILES string of the molecule is CCOC(=O)CC1CCN(C(=O)[C@H](CCCN=C(N)N)N(C(=O)OC(C)(C)C)[N+](=O)[O-])CC1. The van der Waals surface area contributed by atoms with Gasteiger partial charge in [0.2, 0.25) is 0 Å². The van der Waals surface area contributed by atoms with Crippen molar-refractivity contribution in [3.63, 3.8) is 0 Å². The molecule has 1 fully saturated rings. The molecule has 1 rings (SSSR count). The van der Waals surface area contributed by atoms with Crippen molar-refractivity contribution in [1.82, 2.24) is 9.91 Å². The molecule has 0 unspecified atom stereocenters. The van der Waals surface area contributed by atoms with Crippen LogP contribution in [0.5, 0.6) is 0 Å². The molecule has 0 aromatic heterocycles. The Bertz CT molecular complexity index is 725. The van der Waals surface area contributed by atoms with Crippen LogP contribution in [0.4, 0.5) is 4.79 Å². The van der Waals surface area contributed by atoms with Gasteiger partial charge in [-0.25, -0.2) is 14.9 Å². The van der Waals surface area contributed by atoms with Crippen LogP contribution < -0.4 is 11.5 Å². The zero-order chi connectivity index (χ0) is 25.2. The number of carbonyl (C=O) groups excluding carboxylic acids is 3. The number of likely N-dealkylation sites (tertiary alicyclic amines) is 1. The summed E-state index contributed by atoms with van der Waals surface area (Å²) in [5.74, 6) is -0.924. The van der Waals surface area contributed by atoms with Gasteiger partial charge >= 0.3 is 12.1 Å². The first-order chi connectivity index (χ1) is 15.4. The lowest BCUT2D eigenvalue weighted by atomic mass is 9.93. The van der Waals surface area contributed by atoms with E-state index >= 15 is 0 Å². The molecule has 33 heavy (non-hydrogen) atoms. The first kappa shape index (κ1) is 27.9. The zero-order valence-corrected chi connectivity index (χ0v) is 19.8. The number of carbonyl (C=O) groups is 3. The number of ether oxygens (including phenoxy) is 2. The highest BCUT2D eigenvalue weighted by atomic mass is 16.7. The number of aliphatic imine (C=N–C) groups is 1. The standard InChI is InChI=1S/C20H36N6O7/c1-5-32-16(27)13-14-8-11-24(12-9-14)17(28)15(7-6-10-23-18(21)22)25(26(30)31)19(29)33-20(2,3)4/h14-15H,5-13H2,1-4H3,(H4,21,22,23)/t15-/m0/s1. The van der Waals surface area contributed by atoms with E-state index in [1.807, 2.05) is 0 Å². The molecular formula is C20H36N6O7. The summed E-state index contributed by atoms with van der Waals surface area (Å²) in [4.78, 5) is 54.6. The third-order valence-corrected chi connectivity index (χ3v) is 4.95. The molecule has 1 heterocycles. The van der Waals surface area contributed by atoms with Crippen molar-refractivity contribution in [2.45, 2.75) is 71.4 Å². The number of nitro groups is 1. The lowest BCUT2D eigenvalue weighted by molar-refractivity contribution is -0.641. The van der Waals surface area contributed by atoms with Crippen LogP contribution in [0, 0.1) is 16.0 Å². The van der Waals surface area contributed by atoms with E-state index in [0.29, 0.717) is 32.5 Å². The number of nitrogens with two attached hydrogens (primary N) is 2. The highest BCUT2D eigenvalue weighted by Crippen LogP contribution is 2.24. The van der Waals surface area contributed by atoms with E-state index in [1.54, 1.807) is 27.7 Å². The molecule has 13 heteroatoms. The molecule has 1 atom stereocenters. The normalized spacial score (nSPS) is 15.3. The summed E-state index contributed by atoms with van der Waals surface area (Å²) in [7, 11) is 0. The first-order valence-electron chi connectivity index (χ1n) is 11.0. The number of guanidine groups is 1. The quantitative estimate of drug-likeness (QED) is 0.117. The maximum absolute atomic E-state index is 13.3. The largest absolute Gasteiger partial charge is 0.469 e. The summed E-state index contributed by atoms with van der Waals surface area (Å²) in [5.41, 5.74) is 9.63. The van der Waals surface area contributed by atoms with Crippen molar-refractivity contribution in [2.24, 2.45) is 22.4 Å². The Hall–Kier alpha value is -3.12.